The minimum absolute atomic E-state index is 0.565. The molecule has 0 amide bonds. The summed E-state index contributed by atoms with van der Waals surface area (Å²) in [6.07, 6.45) is 2.51. The fourth-order valence-corrected chi connectivity index (χ4v) is 2.36. The Morgan fingerprint density at radius 3 is 2.76 bits per heavy atom. The van der Waals surface area contributed by atoms with Gasteiger partial charge in [-0.05, 0) is 31.9 Å². The number of hydrogen-bond donors (Lipinski definition) is 1. The van der Waals surface area contributed by atoms with Gasteiger partial charge >= 0.3 is 0 Å². The van der Waals surface area contributed by atoms with Gasteiger partial charge in [-0.25, -0.2) is 4.99 Å². The van der Waals surface area contributed by atoms with E-state index in [2.05, 4.69) is 22.1 Å². The Bertz CT molecular complexity index is 457. The molecular weight excluding hydrogens is 266 g/mol. The molecule has 0 saturated carbocycles. The Labute approximate surface area is 127 Å². The highest BCUT2D eigenvalue weighted by molar-refractivity contribution is 5.80. The molecule has 0 radical (unpaired) electrons. The fourth-order valence-electron chi connectivity index (χ4n) is 2.36. The lowest BCUT2D eigenvalue weighted by atomic mass is 10.3. The lowest BCUT2D eigenvalue weighted by Crippen LogP contribution is -2.39. The first kappa shape index (κ1) is 15.5. The Balaban J connectivity index is 1.81. The second-order valence-corrected chi connectivity index (χ2v) is 4.96. The molecule has 1 aromatic rings. The van der Waals surface area contributed by atoms with Crippen molar-refractivity contribution >= 4 is 5.96 Å². The van der Waals surface area contributed by atoms with Crippen molar-refractivity contribution in [2.75, 3.05) is 39.9 Å². The van der Waals surface area contributed by atoms with Crippen LogP contribution >= 0.6 is 0 Å². The zero-order chi connectivity index (χ0) is 14.9. The van der Waals surface area contributed by atoms with Crippen molar-refractivity contribution in [3.8, 4) is 11.5 Å². The second kappa shape index (κ2) is 8.39. The van der Waals surface area contributed by atoms with Crippen LogP contribution in [0.1, 0.15) is 19.8 Å². The number of likely N-dealkylation sites (tertiary alicyclic amines) is 1. The van der Waals surface area contributed by atoms with Gasteiger partial charge in [0.2, 0.25) is 0 Å². The topological polar surface area (TPSA) is 46.1 Å². The molecule has 1 N–H and O–H groups in total. The molecule has 21 heavy (non-hydrogen) atoms. The van der Waals surface area contributed by atoms with Crippen LogP contribution in [0.3, 0.4) is 0 Å². The largest absolute Gasteiger partial charge is 0.497 e. The smallest absolute Gasteiger partial charge is 0.194 e. The summed E-state index contributed by atoms with van der Waals surface area (Å²) in [7, 11) is 1.65. The van der Waals surface area contributed by atoms with E-state index in [0.717, 1.165) is 37.1 Å². The number of benzene rings is 1. The van der Waals surface area contributed by atoms with Gasteiger partial charge in [0.15, 0.2) is 5.96 Å². The molecule has 1 saturated heterocycles. The summed E-state index contributed by atoms with van der Waals surface area (Å²) >= 11 is 0. The quantitative estimate of drug-likeness (QED) is 0.495. The van der Waals surface area contributed by atoms with Crippen molar-refractivity contribution in [2.24, 2.45) is 4.99 Å². The highest BCUT2D eigenvalue weighted by atomic mass is 16.5. The van der Waals surface area contributed by atoms with E-state index in [-0.39, 0.29) is 0 Å². The predicted molar refractivity (Wildman–Crippen MR) is 85.3 cm³/mol. The van der Waals surface area contributed by atoms with E-state index >= 15 is 0 Å². The maximum atomic E-state index is 5.71. The molecule has 0 aromatic heterocycles. The summed E-state index contributed by atoms with van der Waals surface area (Å²) in [4.78, 5) is 6.94. The third kappa shape index (κ3) is 4.85. The molecule has 1 aliphatic rings. The number of guanidine groups is 1. The van der Waals surface area contributed by atoms with Crippen LogP contribution in [0.15, 0.2) is 29.3 Å². The van der Waals surface area contributed by atoms with Gasteiger partial charge in [-0.15, -0.1) is 0 Å². The van der Waals surface area contributed by atoms with Crippen molar-refractivity contribution < 1.29 is 9.47 Å². The summed E-state index contributed by atoms with van der Waals surface area (Å²) in [6.45, 7) is 6.40. The van der Waals surface area contributed by atoms with E-state index in [1.54, 1.807) is 7.11 Å². The lowest BCUT2D eigenvalue weighted by Gasteiger charge is -2.20. The summed E-state index contributed by atoms with van der Waals surface area (Å²) in [5.41, 5.74) is 0. The molecule has 116 valence electrons. The van der Waals surface area contributed by atoms with Crippen molar-refractivity contribution in [2.45, 2.75) is 19.8 Å². The fraction of sp³-hybridized carbons (Fsp3) is 0.562. The zero-order valence-corrected chi connectivity index (χ0v) is 13.0. The lowest BCUT2D eigenvalue weighted by molar-refractivity contribution is 0.324. The number of nitrogens with one attached hydrogen (secondary N) is 1. The van der Waals surface area contributed by atoms with Gasteiger partial charge in [-0.1, -0.05) is 6.07 Å². The molecule has 0 bridgehead atoms. The van der Waals surface area contributed by atoms with Crippen molar-refractivity contribution in [3.05, 3.63) is 24.3 Å². The van der Waals surface area contributed by atoms with Gasteiger partial charge in [0.1, 0.15) is 18.1 Å². The molecule has 0 aliphatic carbocycles. The van der Waals surface area contributed by atoms with Crippen molar-refractivity contribution in [1.29, 1.82) is 0 Å². The maximum Gasteiger partial charge on any atom is 0.194 e. The Morgan fingerprint density at radius 1 is 1.29 bits per heavy atom. The molecule has 2 rings (SSSR count). The summed E-state index contributed by atoms with van der Waals surface area (Å²) in [6, 6.07) is 7.64. The number of methoxy groups -OCH3 is 1. The van der Waals surface area contributed by atoms with Crippen LogP contribution in [0.2, 0.25) is 0 Å². The van der Waals surface area contributed by atoms with Crippen LogP contribution < -0.4 is 14.8 Å². The average molecular weight is 291 g/mol. The monoisotopic (exact) mass is 291 g/mol. The Kier molecular flexibility index (Phi) is 6.19. The minimum atomic E-state index is 0.565. The van der Waals surface area contributed by atoms with E-state index in [4.69, 9.17) is 9.47 Å². The number of ether oxygens (including phenoxy) is 2. The van der Waals surface area contributed by atoms with Crippen LogP contribution in [0.4, 0.5) is 0 Å². The third-order valence-corrected chi connectivity index (χ3v) is 3.40. The van der Waals surface area contributed by atoms with Gasteiger partial charge in [0.05, 0.1) is 13.7 Å². The van der Waals surface area contributed by atoms with Crippen LogP contribution in [-0.4, -0.2) is 50.8 Å². The third-order valence-electron chi connectivity index (χ3n) is 3.40. The first-order chi connectivity index (χ1) is 10.3. The van der Waals surface area contributed by atoms with Crippen molar-refractivity contribution in [3.63, 3.8) is 0 Å². The van der Waals surface area contributed by atoms with E-state index in [1.165, 1.54) is 12.8 Å². The first-order valence-corrected chi connectivity index (χ1v) is 7.63. The highest BCUT2D eigenvalue weighted by Crippen LogP contribution is 2.18. The normalized spacial score (nSPS) is 15.1. The standard InChI is InChI=1S/C16H25N3O2/c1-3-17-16(19-10-4-5-11-19)18-9-12-21-15-8-6-7-14(13-15)20-2/h6-8,13H,3-5,9-12H2,1-2H3,(H,17,18). The molecular formula is C16H25N3O2. The zero-order valence-electron chi connectivity index (χ0n) is 13.0. The van der Waals surface area contributed by atoms with E-state index in [0.29, 0.717) is 13.2 Å². The van der Waals surface area contributed by atoms with Gasteiger partial charge in [-0.3, -0.25) is 0 Å². The average Bonchev–Trinajstić information content (AvgIpc) is 3.05. The molecule has 0 spiro atoms. The second-order valence-electron chi connectivity index (χ2n) is 4.96. The molecule has 5 nitrogen and oxygen atoms in total. The van der Waals surface area contributed by atoms with Gasteiger partial charge in [0.25, 0.3) is 0 Å². The molecule has 1 aromatic carbocycles. The van der Waals surface area contributed by atoms with Gasteiger partial charge in [0, 0.05) is 25.7 Å². The summed E-state index contributed by atoms with van der Waals surface area (Å²) in [5, 5.41) is 3.34. The van der Waals surface area contributed by atoms with Crippen LogP contribution in [-0.2, 0) is 0 Å². The predicted octanol–water partition coefficient (Wildman–Crippen LogP) is 2.14. The molecule has 0 unspecified atom stereocenters. The van der Waals surface area contributed by atoms with Crippen LogP contribution in [0.5, 0.6) is 11.5 Å². The Hall–Kier alpha value is -1.91. The highest BCUT2D eigenvalue weighted by Gasteiger charge is 2.15. The van der Waals surface area contributed by atoms with Crippen LogP contribution in [0.25, 0.3) is 0 Å². The van der Waals surface area contributed by atoms with Gasteiger partial charge < -0.3 is 19.7 Å². The van der Waals surface area contributed by atoms with Crippen molar-refractivity contribution in [1.82, 2.24) is 10.2 Å². The van der Waals surface area contributed by atoms with Gasteiger partial charge in [-0.2, -0.15) is 0 Å². The van der Waals surface area contributed by atoms with E-state index in [9.17, 15) is 0 Å². The van der Waals surface area contributed by atoms with E-state index in [1.807, 2.05) is 24.3 Å². The molecule has 1 fully saturated rings. The SMILES string of the molecule is CCNC(=NCCOc1cccc(OC)c1)N1CCCC1. The minimum Gasteiger partial charge on any atom is -0.497 e. The molecule has 1 aliphatic heterocycles. The number of hydrogen-bond acceptors (Lipinski definition) is 3. The summed E-state index contributed by atoms with van der Waals surface area (Å²) in [5.74, 6) is 2.63. The molecule has 1 heterocycles. The number of rotatable bonds is 6. The Morgan fingerprint density at radius 2 is 2.05 bits per heavy atom. The first-order valence-electron chi connectivity index (χ1n) is 7.63. The maximum absolute atomic E-state index is 5.71. The van der Waals surface area contributed by atoms with E-state index < -0.39 is 0 Å². The summed E-state index contributed by atoms with van der Waals surface area (Å²) < 4.78 is 10.9. The number of aliphatic imine (C=N–C) groups is 1. The number of nitrogens with zero attached hydrogens (tertiary/aromatic N) is 2. The van der Waals surface area contributed by atoms with Crippen LogP contribution in [0, 0.1) is 0 Å². The molecule has 0 atom stereocenters. The molecule has 5 heteroatoms.